The highest BCUT2D eigenvalue weighted by Gasteiger charge is 2.17. The van der Waals surface area contributed by atoms with Gasteiger partial charge in [0.05, 0.1) is 30.8 Å². The van der Waals surface area contributed by atoms with Gasteiger partial charge in [0, 0.05) is 11.1 Å². The topological polar surface area (TPSA) is 24.8 Å². The molecule has 0 fully saturated rings. The zero-order valence-electron chi connectivity index (χ0n) is 20.3. The van der Waals surface area contributed by atoms with Crippen LogP contribution in [0.25, 0.3) is 0 Å². The second-order valence-corrected chi connectivity index (χ2v) is 14.2. The van der Waals surface area contributed by atoms with Crippen molar-refractivity contribution < 1.29 is 4.76 Å². The normalized spacial score (nSPS) is 11.1. The van der Waals surface area contributed by atoms with Crippen molar-refractivity contribution >= 4 is 43.5 Å². The van der Waals surface area contributed by atoms with E-state index in [-0.39, 0.29) is 0 Å². The van der Waals surface area contributed by atoms with Gasteiger partial charge in [0.25, 0.3) is 0 Å². The summed E-state index contributed by atoms with van der Waals surface area (Å²) in [6, 6.07) is 37.4. The molecule has 0 aliphatic heterocycles. The van der Waals surface area contributed by atoms with E-state index in [4.69, 9.17) is 9.75 Å². The SMILES string of the molecule is C[B]ON(c1ccc(N=C(c2ccccc2)c2ccccc2)cc1)c1ccc([Si](C)(C)C)cc1. The van der Waals surface area contributed by atoms with Crippen molar-refractivity contribution in [1.29, 1.82) is 0 Å². The summed E-state index contributed by atoms with van der Waals surface area (Å²) in [7, 11) is 0.346. The highest BCUT2D eigenvalue weighted by Crippen LogP contribution is 2.28. The molecule has 3 nitrogen and oxygen atoms in total. The van der Waals surface area contributed by atoms with Crippen LogP contribution >= 0.6 is 0 Å². The Balaban J connectivity index is 1.65. The Morgan fingerprint density at radius 2 is 1.15 bits per heavy atom. The molecule has 0 aliphatic rings. The molecular weight excluding hydrogens is 431 g/mol. The number of aliphatic imine (C=N–C) groups is 1. The van der Waals surface area contributed by atoms with E-state index >= 15 is 0 Å². The molecule has 0 aromatic heterocycles. The van der Waals surface area contributed by atoms with Crippen LogP contribution in [-0.4, -0.2) is 21.3 Å². The summed E-state index contributed by atoms with van der Waals surface area (Å²) in [6.45, 7) is 8.95. The lowest BCUT2D eigenvalue weighted by Gasteiger charge is -2.25. The average Bonchev–Trinajstić information content (AvgIpc) is 2.87. The molecule has 0 unspecified atom stereocenters. The van der Waals surface area contributed by atoms with Gasteiger partial charge in [-0.15, -0.1) is 0 Å². The number of anilines is 2. The van der Waals surface area contributed by atoms with Crippen LogP contribution in [0, 0.1) is 0 Å². The van der Waals surface area contributed by atoms with Crippen molar-refractivity contribution in [3.05, 3.63) is 120 Å². The summed E-state index contributed by atoms with van der Waals surface area (Å²) >= 11 is 0. The molecule has 1 radical (unpaired) electrons. The highest BCUT2D eigenvalue weighted by molar-refractivity contribution is 6.88. The minimum atomic E-state index is -1.35. The van der Waals surface area contributed by atoms with Crippen LogP contribution in [0.3, 0.4) is 0 Å². The summed E-state index contributed by atoms with van der Waals surface area (Å²) < 4.78 is 5.88. The summed E-state index contributed by atoms with van der Waals surface area (Å²) in [5.41, 5.74) is 5.95. The van der Waals surface area contributed by atoms with E-state index in [0.717, 1.165) is 33.9 Å². The third-order valence-electron chi connectivity index (χ3n) is 5.60. The third kappa shape index (κ3) is 5.74. The molecule has 0 saturated heterocycles. The first kappa shape index (κ1) is 23.7. The van der Waals surface area contributed by atoms with Crippen LogP contribution in [0.5, 0.6) is 0 Å². The number of hydrogen-bond acceptors (Lipinski definition) is 3. The fraction of sp³-hybridized carbons (Fsp3) is 0.138. The Hall–Kier alpha value is -3.41. The Morgan fingerprint density at radius 3 is 1.59 bits per heavy atom. The molecule has 34 heavy (non-hydrogen) atoms. The minimum Gasteiger partial charge on any atom is -0.340 e. The smallest absolute Gasteiger partial charge is 0.331 e. The van der Waals surface area contributed by atoms with Gasteiger partial charge in [0.1, 0.15) is 0 Å². The van der Waals surface area contributed by atoms with E-state index in [9.17, 15) is 0 Å². The summed E-state index contributed by atoms with van der Waals surface area (Å²) in [4.78, 5) is 5.01. The van der Waals surface area contributed by atoms with Gasteiger partial charge >= 0.3 is 7.48 Å². The molecule has 169 valence electrons. The second-order valence-electron chi connectivity index (χ2n) is 9.14. The Kier molecular flexibility index (Phi) is 7.46. The van der Waals surface area contributed by atoms with Gasteiger partial charge in [0.2, 0.25) is 0 Å². The first-order valence-corrected chi connectivity index (χ1v) is 15.1. The van der Waals surface area contributed by atoms with Crippen molar-refractivity contribution in [3.8, 4) is 0 Å². The fourth-order valence-corrected chi connectivity index (χ4v) is 4.92. The Labute approximate surface area is 205 Å². The highest BCUT2D eigenvalue weighted by atomic mass is 28.3. The van der Waals surface area contributed by atoms with Crippen molar-refractivity contribution in [1.82, 2.24) is 0 Å². The van der Waals surface area contributed by atoms with Crippen LogP contribution in [0.4, 0.5) is 17.1 Å². The summed E-state index contributed by atoms with van der Waals surface area (Å²) in [6.07, 6.45) is 0. The van der Waals surface area contributed by atoms with Gasteiger partial charge in [-0.05, 0) is 36.4 Å². The minimum absolute atomic E-state index is 0.890. The first-order chi connectivity index (χ1) is 16.5. The van der Waals surface area contributed by atoms with Crippen molar-refractivity contribution in [2.75, 3.05) is 5.06 Å². The van der Waals surface area contributed by atoms with Gasteiger partial charge < -0.3 is 4.76 Å². The molecule has 0 spiro atoms. The second kappa shape index (κ2) is 10.7. The maximum absolute atomic E-state index is 5.88. The van der Waals surface area contributed by atoms with Crippen LogP contribution in [0.15, 0.2) is 114 Å². The summed E-state index contributed by atoms with van der Waals surface area (Å²) in [5, 5.41) is 3.27. The van der Waals surface area contributed by atoms with Crippen molar-refractivity contribution in [2.45, 2.75) is 26.5 Å². The molecule has 0 heterocycles. The number of nitrogens with zero attached hydrogens (tertiary/aromatic N) is 2. The van der Waals surface area contributed by atoms with Gasteiger partial charge in [-0.2, -0.15) is 0 Å². The van der Waals surface area contributed by atoms with E-state index in [1.165, 1.54) is 5.19 Å². The zero-order valence-corrected chi connectivity index (χ0v) is 21.3. The van der Waals surface area contributed by atoms with Crippen LogP contribution in [0.1, 0.15) is 11.1 Å². The fourth-order valence-electron chi connectivity index (χ4n) is 3.75. The quantitative estimate of drug-likeness (QED) is 0.158. The molecule has 0 bridgehead atoms. The predicted molar refractivity (Wildman–Crippen MR) is 149 cm³/mol. The standard InChI is InChI=1S/C29H30BN2OSi/c1-30-33-32(27-19-21-28(22-20-27)34(2,3)4)26-17-15-25(16-18-26)31-29(23-11-7-5-8-12-23)24-13-9-6-10-14-24/h5-22H,1-4H3. The van der Waals surface area contributed by atoms with Crippen LogP contribution < -0.4 is 10.2 Å². The summed E-state index contributed by atoms with van der Waals surface area (Å²) in [5.74, 6) is 0. The van der Waals surface area contributed by atoms with Crippen LogP contribution in [0.2, 0.25) is 26.5 Å². The number of rotatable bonds is 8. The first-order valence-electron chi connectivity index (χ1n) is 11.6. The van der Waals surface area contributed by atoms with Gasteiger partial charge in [0.15, 0.2) is 0 Å². The van der Waals surface area contributed by atoms with Crippen molar-refractivity contribution in [3.63, 3.8) is 0 Å². The number of hydrogen-bond donors (Lipinski definition) is 0. The molecule has 5 heteroatoms. The monoisotopic (exact) mass is 461 g/mol. The molecule has 4 aromatic rings. The molecule has 0 atom stereocenters. The molecule has 4 rings (SSSR count). The predicted octanol–water partition coefficient (Wildman–Crippen LogP) is 7.14. The maximum atomic E-state index is 5.88. The van der Waals surface area contributed by atoms with E-state index in [0.29, 0.717) is 0 Å². The Morgan fingerprint density at radius 1 is 0.676 bits per heavy atom. The van der Waals surface area contributed by atoms with E-state index in [1.807, 2.05) is 72.5 Å². The van der Waals surface area contributed by atoms with E-state index in [1.54, 1.807) is 7.48 Å². The molecule has 0 saturated carbocycles. The lowest BCUT2D eigenvalue weighted by molar-refractivity contribution is 0.346. The third-order valence-corrected chi connectivity index (χ3v) is 7.66. The Bertz CT molecular complexity index is 1180. The molecule has 0 amide bonds. The molecule has 4 aromatic carbocycles. The average molecular weight is 461 g/mol. The molecule has 0 N–H and O–H groups in total. The van der Waals surface area contributed by atoms with Gasteiger partial charge in [-0.1, -0.05) is 104 Å². The maximum Gasteiger partial charge on any atom is 0.331 e. The zero-order chi connectivity index (χ0) is 24.0. The van der Waals surface area contributed by atoms with E-state index in [2.05, 4.69) is 68.2 Å². The van der Waals surface area contributed by atoms with E-state index < -0.39 is 8.07 Å². The van der Waals surface area contributed by atoms with Crippen LogP contribution in [-0.2, 0) is 4.76 Å². The molecule has 0 aliphatic carbocycles. The largest absolute Gasteiger partial charge is 0.340 e. The molecular formula is C29H30BN2OSi. The lowest BCUT2D eigenvalue weighted by atomic mass is 10.0. The van der Waals surface area contributed by atoms with Crippen molar-refractivity contribution in [2.24, 2.45) is 4.99 Å². The lowest BCUT2D eigenvalue weighted by Crippen LogP contribution is -2.37. The number of benzene rings is 4. The van der Waals surface area contributed by atoms with Gasteiger partial charge in [-0.25, -0.2) is 10.1 Å². The van der Waals surface area contributed by atoms with Gasteiger partial charge in [-0.3, -0.25) is 0 Å².